The molecule has 0 saturated heterocycles. The van der Waals surface area contributed by atoms with Crippen LogP contribution in [-0.2, 0) is 6.54 Å². The van der Waals surface area contributed by atoms with Gasteiger partial charge in [0.25, 0.3) is 0 Å². The first-order valence-electron chi connectivity index (χ1n) is 4.91. The van der Waals surface area contributed by atoms with Crippen molar-refractivity contribution in [3.8, 4) is 11.4 Å². The lowest BCUT2D eigenvalue weighted by atomic mass is 10.1. The van der Waals surface area contributed by atoms with Crippen molar-refractivity contribution in [2.75, 3.05) is 0 Å². The average Bonchev–Trinajstić information content (AvgIpc) is 2.71. The van der Waals surface area contributed by atoms with Crippen LogP contribution >= 0.6 is 15.9 Å². The van der Waals surface area contributed by atoms with Crippen LogP contribution in [0, 0.1) is 13.8 Å². The maximum atomic E-state index is 5.43. The summed E-state index contributed by atoms with van der Waals surface area (Å²) in [6.45, 7) is 4.30. The van der Waals surface area contributed by atoms with Crippen molar-refractivity contribution >= 4 is 15.9 Å². The molecule has 2 rings (SSSR count). The number of hydrogen-bond acceptors (Lipinski definition) is 4. The third-order valence-corrected chi connectivity index (χ3v) is 3.20. The Hall–Kier alpha value is -1.20. The molecule has 0 spiro atoms. The minimum absolute atomic E-state index is 0.263. The number of nitrogens with two attached hydrogens (primary N) is 1. The molecule has 0 amide bonds. The molecule has 0 saturated carbocycles. The van der Waals surface area contributed by atoms with Crippen LogP contribution in [-0.4, -0.2) is 10.1 Å². The van der Waals surface area contributed by atoms with Crippen LogP contribution in [0.3, 0.4) is 0 Å². The van der Waals surface area contributed by atoms with Gasteiger partial charge in [-0.1, -0.05) is 21.1 Å². The molecule has 0 aliphatic heterocycles. The Labute approximate surface area is 102 Å². The summed E-state index contributed by atoms with van der Waals surface area (Å²) >= 11 is 3.51. The van der Waals surface area contributed by atoms with Crippen LogP contribution in [0.1, 0.15) is 17.0 Å². The van der Waals surface area contributed by atoms with E-state index >= 15 is 0 Å². The smallest absolute Gasteiger partial charge is 0.240 e. The molecule has 5 heteroatoms. The van der Waals surface area contributed by atoms with Gasteiger partial charge in [0.2, 0.25) is 11.7 Å². The second kappa shape index (κ2) is 4.35. The zero-order chi connectivity index (χ0) is 11.7. The second-order valence-corrected chi connectivity index (χ2v) is 4.49. The Bertz CT molecular complexity index is 522. The number of hydrogen-bond donors (Lipinski definition) is 1. The van der Waals surface area contributed by atoms with Crippen LogP contribution in [0.4, 0.5) is 0 Å². The summed E-state index contributed by atoms with van der Waals surface area (Å²) in [6, 6.07) is 4.09. The molecule has 1 aromatic heterocycles. The van der Waals surface area contributed by atoms with Gasteiger partial charge in [-0.3, -0.25) is 0 Å². The first kappa shape index (κ1) is 11.3. The van der Waals surface area contributed by atoms with E-state index < -0.39 is 0 Å². The van der Waals surface area contributed by atoms with E-state index in [9.17, 15) is 0 Å². The fraction of sp³-hybridized carbons (Fsp3) is 0.273. The van der Waals surface area contributed by atoms with E-state index in [-0.39, 0.29) is 6.54 Å². The Balaban J connectivity index is 2.54. The normalized spacial score (nSPS) is 10.8. The average molecular weight is 282 g/mol. The van der Waals surface area contributed by atoms with Gasteiger partial charge in [-0.2, -0.15) is 4.98 Å². The Morgan fingerprint density at radius 3 is 2.75 bits per heavy atom. The molecule has 0 aliphatic rings. The predicted molar refractivity (Wildman–Crippen MR) is 64.8 cm³/mol. The zero-order valence-corrected chi connectivity index (χ0v) is 10.7. The number of aromatic nitrogens is 2. The summed E-state index contributed by atoms with van der Waals surface area (Å²) in [5, 5.41) is 3.91. The lowest BCUT2D eigenvalue weighted by Crippen LogP contribution is -1.96. The van der Waals surface area contributed by atoms with E-state index in [1.165, 1.54) is 0 Å². The first-order valence-corrected chi connectivity index (χ1v) is 5.71. The van der Waals surface area contributed by atoms with Crippen molar-refractivity contribution < 1.29 is 4.52 Å². The van der Waals surface area contributed by atoms with Crippen molar-refractivity contribution in [1.82, 2.24) is 10.1 Å². The lowest BCUT2D eigenvalue weighted by Gasteiger charge is -2.05. The number of halogens is 1. The molecule has 16 heavy (non-hydrogen) atoms. The Morgan fingerprint density at radius 1 is 1.38 bits per heavy atom. The van der Waals surface area contributed by atoms with Crippen LogP contribution < -0.4 is 5.73 Å². The number of rotatable bonds is 2. The van der Waals surface area contributed by atoms with Gasteiger partial charge in [0.15, 0.2) is 0 Å². The van der Waals surface area contributed by atoms with Crippen LogP contribution in [0.5, 0.6) is 0 Å². The molecule has 0 fully saturated rings. The van der Waals surface area contributed by atoms with Gasteiger partial charge in [-0.25, -0.2) is 0 Å². The third kappa shape index (κ3) is 2.01. The standard InChI is InChI=1S/C11H12BrN3O/c1-6-3-8(7(2)9(12)4-6)11-14-10(5-13)16-15-11/h3-4H,5,13H2,1-2H3. The van der Waals surface area contributed by atoms with E-state index in [0.717, 1.165) is 21.2 Å². The number of nitrogens with zero attached hydrogens (tertiary/aromatic N) is 2. The maximum absolute atomic E-state index is 5.43. The molecule has 1 heterocycles. The summed E-state index contributed by atoms with van der Waals surface area (Å²) in [4.78, 5) is 4.22. The molecule has 0 aliphatic carbocycles. The molecule has 0 radical (unpaired) electrons. The maximum Gasteiger partial charge on any atom is 0.240 e. The highest BCUT2D eigenvalue weighted by atomic mass is 79.9. The first-order chi connectivity index (χ1) is 7.61. The minimum Gasteiger partial charge on any atom is -0.338 e. The number of benzene rings is 1. The fourth-order valence-electron chi connectivity index (χ4n) is 1.49. The van der Waals surface area contributed by atoms with Gasteiger partial charge in [-0.05, 0) is 37.1 Å². The van der Waals surface area contributed by atoms with Gasteiger partial charge in [0, 0.05) is 10.0 Å². The molecule has 0 atom stereocenters. The van der Waals surface area contributed by atoms with E-state index in [2.05, 4.69) is 32.1 Å². The van der Waals surface area contributed by atoms with Gasteiger partial charge in [0.05, 0.1) is 6.54 Å². The van der Waals surface area contributed by atoms with Gasteiger partial charge >= 0.3 is 0 Å². The van der Waals surface area contributed by atoms with Crippen molar-refractivity contribution in [1.29, 1.82) is 0 Å². The Kier molecular flexibility index (Phi) is 3.07. The van der Waals surface area contributed by atoms with Gasteiger partial charge < -0.3 is 10.3 Å². The van der Waals surface area contributed by atoms with Crippen molar-refractivity contribution in [2.24, 2.45) is 5.73 Å². The fourth-order valence-corrected chi connectivity index (χ4v) is 2.07. The summed E-state index contributed by atoms with van der Waals surface area (Å²) in [7, 11) is 0. The topological polar surface area (TPSA) is 64.9 Å². The highest BCUT2D eigenvalue weighted by molar-refractivity contribution is 9.10. The summed E-state index contributed by atoms with van der Waals surface area (Å²) in [5.41, 5.74) is 8.64. The molecule has 84 valence electrons. The van der Waals surface area contributed by atoms with Crippen molar-refractivity contribution in [2.45, 2.75) is 20.4 Å². The molecular weight excluding hydrogens is 270 g/mol. The van der Waals surface area contributed by atoms with E-state index in [1.54, 1.807) is 0 Å². The summed E-state index contributed by atoms with van der Waals surface area (Å²) in [5.74, 6) is 1.04. The lowest BCUT2D eigenvalue weighted by molar-refractivity contribution is 0.380. The largest absolute Gasteiger partial charge is 0.338 e. The SMILES string of the molecule is Cc1cc(Br)c(C)c(-c2noc(CN)n2)c1. The molecule has 4 nitrogen and oxygen atoms in total. The molecule has 2 aromatic rings. The summed E-state index contributed by atoms with van der Waals surface area (Å²) < 4.78 is 6.04. The summed E-state index contributed by atoms with van der Waals surface area (Å²) in [6.07, 6.45) is 0. The van der Waals surface area contributed by atoms with Crippen LogP contribution in [0.15, 0.2) is 21.1 Å². The third-order valence-electron chi connectivity index (χ3n) is 2.37. The van der Waals surface area contributed by atoms with E-state index in [0.29, 0.717) is 11.7 Å². The Morgan fingerprint density at radius 2 is 2.12 bits per heavy atom. The van der Waals surface area contributed by atoms with Crippen LogP contribution in [0.2, 0.25) is 0 Å². The number of aryl methyl sites for hydroxylation is 1. The predicted octanol–water partition coefficient (Wildman–Crippen LogP) is 2.57. The minimum atomic E-state index is 0.263. The van der Waals surface area contributed by atoms with Crippen molar-refractivity contribution in [3.05, 3.63) is 33.6 Å². The molecule has 0 unspecified atom stereocenters. The zero-order valence-electron chi connectivity index (χ0n) is 9.12. The molecule has 0 bridgehead atoms. The van der Waals surface area contributed by atoms with E-state index in [4.69, 9.17) is 10.3 Å². The molecular formula is C11H12BrN3O. The highest BCUT2D eigenvalue weighted by Crippen LogP contribution is 2.28. The highest BCUT2D eigenvalue weighted by Gasteiger charge is 2.12. The quantitative estimate of drug-likeness (QED) is 0.919. The van der Waals surface area contributed by atoms with Crippen molar-refractivity contribution in [3.63, 3.8) is 0 Å². The second-order valence-electron chi connectivity index (χ2n) is 3.64. The van der Waals surface area contributed by atoms with Gasteiger partial charge in [0.1, 0.15) is 0 Å². The molecule has 1 aromatic carbocycles. The molecule has 2 N–H and O–H groups in total. The van der Waals surface area contributed by atoms with Crippen LogP contribution in [0.25, 0.3) is 11.4 Å². The monoisotopic (exact) mass is 281 g/mol. The van der Waals surface area contributed by atoms with E-state index in [1.807, 2.05) is 19.9 Å². The van der Waals surface area contributed by atoms with Gasteiger partial charge in [-0.15, -0.1) is 0 Å².